The van der Waals surface area contributed by atoms with Crippen LogP contribution >= 0.6 is 0 Å². The van der Waals surface area contributed by atoms with E-state index < -0.39 is 12.1 Å². The van der Waals surface area contributed by atoms with Crippen molar-refractivity contribution in [3.05, 3.63) is 64.5 Å². The fraction of sp³-hybridized carbons (Fsp3) is 0.348. The van der Waals surface area contributed by atoms with Gasteiger partial charge in [-0.05, 0) is 38.0 Å². The second-order valence-corrected chi connectivity index (χ2v) is 7.08. The topological polar surface area (TPSA) is 75.3 Å². The molecule has 0 aliphatic rings. The average molecular weight is 393 g/mol. The van der Waals surface area contributed by atoms with Crippen LogP contribution in [0.3, 0.4) is 0 Å². The number of aryl methyl sites for hydroxylation is 1. The molecular weight excluding hydrogens is 366 g/mol. The zero-order chi connectivity index (χ0) is 21.6. The molecule has 0 aliphatic carbocycles. The van der Waals surface area contributed by atoms with E-state index in [9.17, 15) is 14.9 Å². The highest BCUT2D eigenvalue weighted by molar-refractivity contribution is 5.99. The predicted molar refractivity (Wildman–Crippen MR) is 112 cm³/mol. The van der Waals surface area contributed by atoms with Crippen LogP contribution in [0.1, 0.15) is 42.0 Å². The Bertz CT molecular complexity index is 950. The van der Waals surface area contributed by atoms with Crippen molar-refractivity contribution in [2.45, 2.75) is 39.8 Å². The number of nitriles is 1. The van der Waals surface area contributed by atoms with Gasteiger partial charge in [0.25, 0.3) is 5.91 Å². The van der Waals surface area contributed by atoms with Crippen LogP contribution < -0.4 is 0 Å². The third-order valence-electron chi connectivity index (χ3n) is 4.69. The molecule has 1 aromatic heterocycles. The summed E-state index contributed by atoms with van der Waals surface area (Å²) < 4.78 is 7.63. The fourth-order valence-electron chi connectivity index (χ4n) is 3.13. The third-order valence-corrected chi connectivity index (χ3v) is 4.69. The lowest BCUT2D eigenvalue weighted by Gasteiger charge is -2.21. The van der Waals surface area contributed by atoms with Crippen molar-refractivity contribution >= 4 is 18.0 Å². The fourth-order valence-corrected chi connectivity index (χ4v) is 3.13. The number of rotatable bonds is 7. The van der Waals surface area contributed by atoms with Crippen LogP contribution in [-0.4, -0.2) is 35.4 Å². The summed E-state index contributed by atoms with van der Waals surface area (Å²) in [6.45, 7) is 6.91. The Hall–Kier alpha value is -3.33. The molecular formula is C23H27N3O3. The maximum atomic E-state index is 12.7. The molecule has 0 saturated carbocycles. The monoisotopic (exact) mass is 393 g/mol. The Kier molecular flexibility index (Phi) is 7.38. The van der Waals surface area contributed by atoms with Gasteiger partial charge in [-0.1, -0.05) is 37.3 Å². The summed E-state index contributed by atoms with van der Waals surface area (Å²) in [7, 11) is 3.19. The zero-order valence-corrected chi connectivity index (χ0v) is 17.6. The normalized spacial score (nSPS) is 12.2. The Morgan fingerprint density at radius 3 is 2.45 bits per heavy atom. The van der Waals surface area contributed by atoms with E-state index in [1.54, 1.807) is 38.4 Å². The Morgan fingerprint density at radius 2 is 1.90 bits per heavy atom. The maximum absolute atomic E-state index is 12.7. The zero-order valence-electron chi connectivity index (χ0n) is 17.6. The Balaban J connectivity index is 2.35. The molecule has 0 spiro atoms. The van der Waals surface area contributed by atoms with Crippen LogP contribution in [0.5, 0.6) is 0 Å². The van der Waals surface area contributed by atoms with Crippen molar-refractivity contribution in [2.24, 2.45) is 0 Å². The molecule has 152 valence electrons. The van der Waals surface area contributed by atoms with Gasteiger partial charge in [0.15, 0.2) is 0 Å². The summed E-state index contributed by atoms with van der Waals surface area (Å²) in [6.07, 6.45) is 1.40. The minimum absolute atomic E-state index is 0.144. The van der Waals surface area contributed by atoms with E-state index in [1.807, 2.05) is 32.0 Å². The second kappa shape index (κ2) is 9.74. The highest BCUT2D eigenvalue weighted by Gasteiger charge is 2.28. The number of esters is 1. The number of nitrogens with zero attached hydrogens (tertiary/aromatic N) is 3. The molecule has 2 rings (SSSR count). The molecule has 1 atom stereocenters. The number of ether oxygens (including phenoxy) is 1. The summed E-state index contributed by atoms with van der Waals surface area (Å²) in [5.74, 6) is -1.19. The second-order valence-electron chi connectivity index (χ2n) is 7.08. The van der Waals surface area contributed by atoms with E-state index >= 15 is 0 Å². The first-order valence-corrected chi connectivity index (χ1v) is 9.55. The minimum Gasteiger partial charge on any atom is -0.443 e. The largest absolute Gasteiger partial charge is 0.443 e. The van der Waals surface area contributed by atoms with Crippen LogP contribution in [0, 0.1) is 25.2 Å². The van der Waals surface area contributed by atoms with Crippen LogP contribution in [0.2, 0.25) is 0 Å². The van der Waals surface area contributed by atoms with Crippen molar-refractivity contribution < 1.29 is 14.3 Å². The van der Waals surface area contributed by atoms with Gasteiger partial charge in [-0.15, -0.1) is 0 Å². The molecule has 0 aliphatic heterocycles. The smallest absolute Gasteiger partial charge is 0.350 e. The van der Waals surface area contributed by atoms with Gasteiger partial charge in [-0.25, -0.2) is 4.79 Å². The van der Waals surface area contributed by atoms with Gasteiger partial charge >= 0.3 is 5.97 Å². The Labute approximate surface area is 172 Å². The van der Waals surface area contributed by atoms with Crippen molar-refractivity contribution in [2.75, 3.05) is 14.1 Å². The molecule has 1 amide bonds. The maximum Gasteiger partial charge on any atom is 0.350 e. The number of likely N-dealkylation sites (N-methyl/N-ethyl adjacent to an activating group) is 1. The molecule has 2 aromatic rings. The van der Waals surface area contributed by atoms with Crippen LogP contribution in [0.4, 0.5) is 0 Å². The minimum atomic E-state index is -1.11. The molecule has 6 nitrogen and oxygen atoms in total. The first-order valence-electron chi connectivity index (χ1n) is 9.55. The van der Waals surface area contributed by atoms with Gasteiger partial charge in [0, 0.05) is 37.6 Å². The molecule has 0 saturated heterocycles. The van der Waals surface area contributed by atoms with Gasteiger partial charge in [-0.3, -0.25) is 4.79 Å². The van der Waals surface area contributed by atoms with E-state index in [2.05, 4.69) is 11.5 Å². The SMILES string of the molecule is CCCn1c(C)cc(/C=C(\C#N)C(=O)O[C@H](C(=O)N(C)C)c2ccccc2)c1C. The van der Waals surface area contributed by atoms with Gasteiger partial charge in [0.05, 0.1) is 0 Å². The Morgan fingerprint density at radius 1 is 1.24 bits per heavy atom. The van der Waals surface area contributed by atoms with E-state index in [-0.39, 0.29) is 11.5 Å². The lowest BCUT2D eigenvalue weighted by molar-refractivity contribution is -0.156. The summed E-state index contributed by atoms with van der Waals surface area (Å²) in [5, 5.41) is 9.54. The van der Waals surface area contributed by atoms with Crippen molar-refractivity contribution in [3.8, 4) is 6.07 Å². The molecule has 0 N–H and O–H groups in total. The summed E-state index contributed by atoms with van der Waals surface area (Å²) in [5.41, 5.74) is 3.24. The van der Waals surface area contributed by atoms with Crippen LogP contribution in [0.15, 0.2) is 42.0 Å². The van der Waals surface area contributed by atoms with Gasteiger partial charge in [-0.2, -0.15) is 5.26 Å². The molecule has 0 unspecified atom stereocenters. The number of amides is 1. The predicted octanol–water partition coefficient (Wildman–Crippen LogP) is 3.79. The van der Waals surface area contributed by atoms with E-state index in [1.165, 1.54) is 11.0 Å². The van der Waals surface area contributed by atoms with E-state index in [4.69, 9.17) is 4.74 Å². The molecule has 1 heterocycles. The summed E-state index contributed by atoms with van der Waals surface area (Å²) in [6, 6.07) is 12.6. The molecule has 0 fully saturated rings. The number of carbonyl (C=O) groups is 2. The standard InChI is InChI=1S/C23H27N3O3/c1-6-12-26-16(2)13-19(17(26)3)14-20(15-24)23(28)29-21(22(27)25(4)5)18-10-8-7-9-11-18/h7-11,13-14,21H,6,12H2,1-5H3/b20-14+/t21-/m0/s1. The summed E-state index contributed by atoms with van der Waals surface area (Å²) >= 11 is 0. The highest BCUT2D eigenvalue weighted by Crippen LogP contribution is 2.23. The third kappa shape index (κ3) is 5.14. The van der Waals surface area contributed by atoms with Gasteiger partial charge in [0.1, 0.15) is 11.6 Å². The van der Waals surface area contributed by atoms with E-state index in [0.717, 1.165) is 29.9 Å². The molecule has 1 aromatic carbocycles. The molecule has 0 radical (unpaired) electrons. The first kappa shape index (κ1) is 22.0. The average Bonchev–Trinajstić information content (AvgIpc) is 2.97. The number of carbonyl (C=O) groups excluding carboxylic acids is 2. The lowest BCUT2D eigenvalue weighted by atomic mass is 10.1. The van der Waals surface area contributed by atoms with Crippen molar-refractivity contribution in [1.82, 2.24) is 9.47 Å². The number of aromatic nitrogens is 1. The van der Waals surface area contributed by atoms with Crippen LogP contribution in [-0.2, 0) is 20.9 Å². The number of hydrogen-bond acceptors (Lipinski definition) is 4. The first-order chi connectivity index (χ1) is 13.8. The van der Waals surface area contributed by atoms with Crippen molar-refractivity contribution in [1.29, 1.82) is 5.26 Å². The lowest BCUT2D eigenvalue weighted by Crippen LogP contribution is -2.31. The van der Waals surface area contributed by atoms with Crippen molar-refractivity contribution in [3.63, 3.8) is 0 Å². The quantitative estimate of drug-likeness (QED) is 0.407. The van der Waals surface area contributed by atoms with Crippen LogP contribution in [0.25, 0.3) is 6.08 Å². The van der Waals surface area contributed by atoms with Gasteiger partial charge in [0.2, 0.25) is 6.10 Å². The summed E-state index contributed by atoms with van der Waals surface area (Å²) in [4.78, 5) is 26.7. The van der Waals surface area contributed by atoms with E-state index in [0.29, 0.717) is 5.56 Å². The van der Waals surface area contributed by atoms with Gasteiger partial charge < -0.3 is 14.2 Å². The highest BCUT2D eigenvalue weighted by atomic mass is 16.5. The molecule has 0 bridgehead atoms. The number of hydrogen-bond donors (Lipinski definition) is 0. The molecule has 6 heteroatoms. The number of benzene rings is 1. The molecule has 29 heavy (non-hydrogen) atoms.